The van der Waals surface area contributed by atoms with E-state index in [1.807, 2.05) is 0 Å². The van der Waals surface area contributed by atoms with Crippen LogP contribution in [0.25, 0.3) is 0 Å². The first-order valence-corrected chi connectivity index (χ1v) is 11.7. The lowest BCUT2D eigenvalue weighted by atomic mass is 9.99. The number of ether oxygens (including phenoxy) is 2. The molecule has 0 bridgehead atoms. The number of rotatable bonds is 9. The molecule has 38 heavy (non-hydrogen) atoms. The normalized spacial score (nSPS) is 23.6. The molecule has 16 heteroatoms. The van der Waals surface area contributed by atoms with Gasteiger partial charge >= 0.3 is 5.97 Å². The van der Waals surface area contributed by atoms with E-state index in [4.69, 9.17) is 43.4 Å². The average Bonchev–Trinajstić information content (AvgIpc) is 2.86. The van der Waals surface area contributed by atoms with Crippen LogP contribution in [0.1, 0.15) is 28.9 Å². The number of aryl methyl sites for hydroxylation is 1. The van der Waals surface area contributed by atoms with Crippen LogP contribution in [0.2, 0.25) is 5.15 Å². The molecule has 0 spiro atoms. The van der Waals surface area contributed by atoms with Crippen molar-refractivity contribution in [3.05, 3.63) is 40.7 Å². The standard InChI is InChI=1S/C22H28ClN7O8/c23-16-18(25)29-17(24)11(28-16)19(34)30-22(26)27-8-2-1-3-9-4-6-10(7-5-9)37-21-14(33)12(31)13(32)15(38-21)20(35)36/h4-7,12-15,21,31-33H,1-3,8H2,(H,35,36)(H4,24,25,29)(H3,26,27,30,34)/t12-,13?,14?,15?,21?/m0/s1. The average molecular weight is 554 g/mol. The van der Waals surface area contributed by atoms with Crippen LogP contribution in [0, 0.1) is 0 Å². The summed E-state index contributed by atoms with van der Waals surface area (Å²) < 4.78 is 10.6. The molecule has 5 atom stereocenters. The number of nitrogens with one attached hydrogen (secondary N) is 1. The summed E-state index contributed by atoms with van der Waals surface area (Å²) in [5.41, 5.74) is 17.6. The van der Waals surface area contributed by atoms with E-state index in [1.165, 1.54) is 0 Å². The Kier molecular flexibility index (Phi) is 9.60. The quantitative estimate of drug-likeness (QED) is 0.101. The van der Waals surface area contributed by atoms with Gasteiger partial charge in [0.15, 0.2) is 34.5 Å². The first-order chi connectivity index (χ1) is 18.0. The van der Waals surface area contributed by atoms with Crippen LogP contribution in [-0.2, 0) is 16.0 Å². The van der Waals surface area contributed by atoms with Gasteiger partial charge in [-0.05, 0) is 37.0 Å². The number of aliphatic hydroxyl groups excluding tert-OH is 3. The molecule has 206 valence electrons. The summed E-state index contributed by atoms with van der Waals surface area (Å²) in [6, 6.07) is 6.74. The lowest BCUT2D eigenvalue weighted by Gasteiger charge is -2.38. The second kappa shape index (κ2) is 12.7. The number of carboxylic acids is 1. The number of carboxylic acid groups (broad SMARTS) is 1. The van der Waals surface area contributed by atoms with Gasteiger partial charge in [-0.2, -0.15) is 0 Å². The van der Waals surface area contributed by atoms with Crippen LogP contribution < -0.4 is 27.3 Å². The zero-order valence-corrected chi connectivity index (χ0v) is 20.7. The maximum Gasteiger partial charge on any atom is 0.335 e. The Morgan fingerprint density at radius 2 is 1.74 bits per heavy atom. The highest BCUT2D eigenvalue weighted by Crippen LogP contribution is 2.25. The third-order valence-electron chi connectivity index (χ3n) is 5.51. The predicted octanol–water partition coefficient (Wildman–Crippen LogP) is -1.37. The van der Waals surface area contributed by atoms with E-state index in [0.717, 1.165) is 12.0 Å². The maximum atomic E-state index is 12.2. The van der Waals surface area contributed by atoms with E-state index in [-0.39, 0.29) is 34.2 Å². The number of halogens is 1. The van der Waals surface area contributed by atoms with E-state index in [9.17, 15) is 24.9 Å². The number of aromatic nitrogens is 2. The molecule has 1 fully saturated rings. The summed E-state index contributed by atoms with van der Waals surface area (Å²) >= 11 is 5.76. The van der Waals surface area contributed by atoms with Crippen molar-refractivity contribution < 1.29 is 39.5 Å². The third kappa shape index (κ3) is 7.17. The zero-order valence-electron chi connectivity index (χ0n) is 19.9. The number of aliphatic imine (C=N–C) groups is 1. The molecular weight excluding hydrogens is 526 g/mol. The van der Waals surface area contributed by atoms with Crippen molar-refractivity contribution in [2.24, 2.45) is 10.7 Å². The fraction of sp³-hybridized carbons (Fsp3) is 0.409. The minimum atomic E-state index is -1.79. The van der Waals surface area contributed by atoms with Crippen molar-refractivity contribution in [3.8, 4) is 5.75 Å². The summed E-state index contributed by atoms with van der Waals surface area (Å²) in [5, 5.41) is 41.0. The smallest absolute Gasteiger partial charge is 0.335 e. The first kappa shape index (κ1) is 28.8. The van der Waals surface area contributed by atoms with Gasteiger partial charge in [0.25, 0.3) is 5.91 Å². The predicted molar refractivity (Wildman–Crippen MR) is 134 cm³/mol. The van der Waals surface area contributed by atoms with Crippen molar-refractivity contribution in [1.82, 2.24) is 15.3 Å². The van der Waals surface area contributed by atoms with Gasteiger partial charge in [-0.15, -0.1) is 0 Å². The Labute approximate surface area is 221 Å². The fourth-order valence-corrected chi connectivity index (χ4v) is 3.61. The Morgan fingerprint density at radius 1 is 1.05 bits per heavy atom. The summed E-state index contributed by atoms with van der Waals surface area (Å²) in [7, 11) is 0. The minimum Gasteiger partial charge on any atom is -0.479 e. The van der Waals surface area contributed by atoms with Gasteiger partial charge in [-0.1, -0.05) is 23.7 Å². The molecule has 1 aliphatic rings. The van der Waals surface area contributed by atoms with Gasteiger partial charge in [-0.3, -0.25) is 15.1 Å². The molecule has 1 amide bonds. The van der Waals surface area contributed by atoms with Crippen molar-refractivity contribution in [2.75, 3.05) is 18.0 Å². The Bertz CT molecular complexity index is 1180. The number of carbonyl (C=O) groups is 2. The van der Waals surface area contributed by atoms with Gasteiger partial charge < -0.3 is 47.1 Å². The maximum absolute atomic E-state index is 12.2. The number of nitrogen functional groups attached to an aromatic ring is 2. The van der Waals surface area contributed by atoms with E-state index in [1.54, 1.807) is 24.3 Å². The van der Waals surface area contributed by atoms with E-state index < -0.39 is 42.6 Å². The second-order valence-electron chi connectivity index (χ2n) is 8.31. The van der Waals surface area contributed by atoms with Crippen LogP contribution in [0.15, 0.2) is 29.3 Å². The van der Waals surface area contributed by atoms with Gasteiger partial charge in [0.05, 0.1) is 0 Å². The van der Waals surface area contributed by atoms with Gasteiger partial charge in [-0.25, -0.2) is 14.8 Å². The highest BCUT2D eigenvalue weighted by atomic mass is 35.5. The first-order valence-electron chi connectivity index (χ1n) is 11.4. The molecule has 3 rings (SSSR count). The number of aliphatic hydroxyl groups is 3. The molecule has 2 aromatic rings. The highest BCUT2D eigenvalue weighted by Gasteiger charge is 2.48. The summed E-state index contributed by atoms with van der Waals surface area (Å²) in [5.74, 6) is -2.37. The molecule has 1 aromatic carbocycles. The number of aliphatic carboxylic acids is 1. The minimum absolute atomic E-state index is 0.101. The van der Waals surface area contributed by atoms with Crippen LogP contribution in [-0.4, -0.2) is 85.5 Å². The molecule has 0 radical (unpaired) electrons. The van der Waals surface area contributed by atoms with Crippen molar-refractivity contribution in [2.45, 2.75) is 50.0 Å². The number of unbranched alkanes of at least 4 members (excludes halogenated alkanes) is 1. The van der Waals surface area contributed by atoms with Gasteiger partial charge in [0, 0.05) is 6.54 Å². The molecule has 4 unspecified atom stereocenters. The Hall–Kier alpha value is -3.76. The lowest BCUT2D eigenvalue weighted by molar-refractivity contribution is -0.271. The molecule has 1 aliphatic heterocycles. The van der Waals surface area contributed by atoms with E-state index in [0.29, 0.717) is 19.4 Å². The number of amides is 1. The summed E-state index contributed by atoms with van der Waals surface area (Å²) in [6.07, 6.45) is -6.33. The van der Waals surface area contributed by atoms with Gasteiger partial charge in [0.2, 0.25) is 6.29 Å². The topological polar surface area (TPSA) is 262 Å². The number of hydrogen-bond acceptors (Lipinski definition) is 12. The lowest BCUT2D eigenvalue weighted by Crippen LogP contribution is -2.61. The Balaban J connectivity index is 1.43. The molecule has 0 aliphatic carbocycles. The number of guanidine groups is 1. The SMILES string of the molecule is NC(=NCCCCc1ccc(OC2OC(C(=O)O)C(O)[C@H](O)C2O)cc1)NC(=O)c1nc(Cl)c(N)nc1N. The number of anilines is 2. The molecule has 15 nitrogen and oxygen atoms in total. The van der Waals surface area contributed by atoms with E-state index >= 15 is 0 Å². The van der Waals surface area contributed by atoms with Crippen molar-refractivity contribution >= 4 is 41.1 Å². The van der Waals surface area contributed by atoms with Crippen molar-refractivity contribution in [3.63, 3.8) is 0 Å². The highest BCUT2D eigenvalue weighted by molar-refractivity contribution is 6.31. The number of hydrogen-bond donors (Lipinski definition) is 8. The summed E-state index contributed by atoms with van der Waals surface area (Å²) in [4.78, 5) is 35.0. The number of benzene rings is 1. The summed E-state index contributed by atoms with van der Waals surface area (Å²) in [6.45, 7) is 0.340. The molecule has 1 saturated heterocycles. The van der Waals surface area contributed by atoms with Crippen LogP contribution >= 0.6 is 11.6 Å². The van der Waals surface area contributed by atoms with Gasteiger partial charge in [0.1, 0.15) is 24.1 Å². The monoisotopic (exact) mass is 553 g/mol. The van der Waals surface area contributed by atoms with Crippen LogP contribution in [0.4, 0.5) is 11.6 Å². The van der Waals surface area contributed by atoms with E-state index in [2.05, 4.69) is 20.3 Å². The Morgan fingerprint density at radius 3 is 2.39 bits per heavy atom. The molecule has 0 saturated carbocycles. The fourth-order valence-electron chi connectivity index (χ4n) is 3.48. The number of carbonyl (C=O) groups excluding carboxylic acids is 1. The van der Waals surface area contributed by atoms with Crippen LogP contribution in [0.5, 0.6) is 5.75 Å². The third-order valence-corrected chi connectivity index (χ3v) is 5.78. The molecule has 2 heterocycles. The number of nitrogens with zero attached hydrogens (tertiary/aromatic N) is 3. The second-order valence-corrected chi connectivity index (χ2v) is 8.67. The largest absolute Gasteiger partial charge is 0.479 e. The zero-order chi connectivity index (χ0) is 28.0. The van der Waals surface area contributed by atoms with Crippen LogP contribution in [0.3, 0.4) is 0 Å². The van der Waals surface area contributed by atoms with Crippen molar-refractivity contribution in [1.29, 1.82) is 0 Å². The number of nitrogens with two attached hydrogens (primary N) is 3. The molecule has 1 aromatic heterocycles. The molecular formula is C22H28ClN7O8. The molecule has 11 N–H and O–H groups in total.